The van der Waals surface area contributed by atoms with Crippen molar-refractivity contribution in [2.45, 2.75) is 182 Å². The molecule has 3 fully saturated rings. The van der Waals surface area contributed by atoms with Crippen molar-refractivity contribution < 1.29 is 87.2 Å². The van der Waals surface area contributed by atoms with Gasteiger partial charge >= 0.3 is 705 Å². The van der Waals surface area contributed by atoms with Crippen LogP contribution in [0.25, 0.3) is 0 Å². The summed E-state index contributed by atoms with van der Waals surface area (Å²) in [5, 5.41) is 70.7. The van der Waals surface area contributed by atoms with E-state index in [-0.39, 0.29) is 11.5 Å². The third-order valence-corrected chi connectivity index (χ3v) is 116. The second kappa shape index (κ2) is 61.9. The molecule has 3 saturated carbocycles. The molecule has 3 heterocycles. The Morgan fingerprint density at radius 2 is 0.459 bits per heavy atom. The molecule has 6 aliphatic rings. The average Bonchev–Trinajstić information content (AvgIpc) is 1.64. The van der Waals surface area contributed by atoms with E-state index in [4.69, 9.17) is 46.4 Å². The zero-order valence-corrected chi connectivity index (χ0v) is 109. The summed E-state index contributed by atoms with van der Waals surface area (Å²) in [6.07, 6.45) is 24.3. The number of phenols is 6. The number of phenolic OH excluding ortho intramolecular Hbond substituents is 6. The van der Waals surface area contributed by atoms with Gasteiger partial charge in [-0.15, -0.1) is 72.8 Å². The van der Waals surface area contributed by atoms with Gasteiger partial charge in [-0.3, -0.25) is 0 Å². The van der Waals surface area contributed by atoms with Crippen molar-refractivity contribution in [3.63, 3.8) is 0 Å². The van der Waals surface area contributed by atoms with Gasteiger partial charge in [0.25, 0.3) is 0 Å². The van der Waals surface area contributed by atoms with Crippen LogP contribution in [-0.4, -0.2) is 62.1 Å². The number of halogens is 12. The van der Waals surface area contributed by atoms with Crippen LogP contribution in [0.4, 0.5) is 0 Å². The number of fused-ring (bicyclic) bond motifs is 3. The van der Waals surface area contributed by atoms with Gasteiger partial charge in [0.05, 0.1) is 0 Å². The van der Waals surface area contributed by atoms with Crippen LogP contribution in [0, 0.1) is 55.8 Å². The molecule has 0 spiro atoms. The molecule has 3 aliphatic heterocycles. The van der Waals surface area contributed by atoms with E-state index >= 15 is 0 Å². The SMILES string of the molecule is Oc1c(Br)cc(Br)cc1C[S]1=[Hf]=[S](Cc2cc(Br)cc(Br)c2O)[C@H]2CCCCCCC21.Oc1c(Cl)cc(Cl)cc1C[S]1=[Hf]=[S](Cc2cc(Cl)cc(Cl)c2O)[C@H]2CCCCCCC21.Oc1c(I)cc(I)cc1C[S]1=[Hf]=[S](Cc2cc(I)cc(I)c2O)[C@H]2CCCCCCC21.[CH2-]c1ccccc1.[CH2-]c1ccccc1.[CH2-]c1ccccc1.[CH2-]c1ccccc1.[CH2-]c1ccccc1.[CH2-]c1ccccc1. The van der Waals surface area contributed by atoms with Crippen molar-refractivity contribution in [1.29, 1.82) is 0 Å². The molecule has 9 unspecified atom stereocenters. The number of benzene rings is 12. The van der Waals surface area contributed by atoms with Crippen LogP contribution >= 0.6 is 244 Å². The Hall–Kier alpha value is -0.630. The third-order valence-electron chi connectivity index (χ3n) is 22.8. The molecule has 27 heteroatoms. The Morgan fingerprint density at radius 3 is 0.659 bits per heavy atom. The molecular weight excluding hydrogens is 3090 g/mol. The normalized spacial score (nSPS) is 20.4. The topological polar surface area (TPSA) is 121 Å². The molecule has 6 nitrogen and oxygen atoms in total. The van der Waals surface area contributed by atoms with Crippen LogP contribution in [0.2, 0.25) is 20.1 Å². The first-order valence-corrected chi connectivity index (χ1v) is 88.7. The quantitative estimate of drug-likeness (QED) is 0.0412. The first-order valence-electron chi connectivity index (χ1n) is 44.6. The van der Waals surface area contributed by atoms with Crippen molar-refractivity contribution in [3.05, 3.63) is 415 Å². The molecule has 0 bridgehead atoms. The van der Waals surface area contributed by atoms with E-state index in [0.29, 0.717) is 86.2 Å². The van der Waals surface area contributed by atoms with E-state index in [1.165, 1.54) is 134 Å². The van der Waals surface area contributed by atoms with Crippen molar-refractivity contribution in [1.82, 2.24) is 0 Å². The Kier molecular flexibility index (Phi) is 53.3. The standard InChI is InChI=1S/C22H24Br4O2S2.C22H24Cl4O2S2.C22H24I4O2S2.6C7H7.3Hf/c3*23-15-7-13(21(27)17(25)9-15)11-29-19-5-3-1-2-4-6-20(19)30-12-14-8-16(24)10-18(26)22(14)28;6*1-7-5-3-2-4-6-7;;;/h3*7-10,19-20,27-28H,1-6,11-12H2;6*2-6H,1H2;;;/q;;;6*-1;;;/t3*19-,20?;;;;;;;;;/m000........./s1. The molecule has 0 radical (unpaired) electrons. The van der Waals surface area contributed by atoms with Crippen LogP contribution < -0.4 is 0 Å². The summed E-state index contributed by atoms with van der Waals surface area (Å²) < 4.78 is 8.07. The fourth-order valence-corrected chi connectivity index (χ4v) is 141. The number of aromatic hydroxyl groups is 6. The summed E-state index contributed by atoms with van der Waals surface area (Å²) in [4.78, 5) is 0. The summed E-state index contributed by atoms with van der Waals surface area (Å²) in [6.45, 7) is 22.3. The monoisotopic (exact) mass is 3200 g/mol. The van der Waals surface area contributed by atoms with Crippen molar-refractivity contribution in [3.8, 4) is 34.5 Å². The summed E-state index contributed by atoms with van der Waals surface area (Å²) in [7, 11) is 2.50. The molecule has 12 aromatic rings. The predicted octanol–water partition coefficient (Wildman–Crippen LogP) is 38.4. The maximum absolute atomic E-state index is 10.8. The summed E-state index contributed by atoms with van der Waals surface area (Å²) in [5.41, 5.74) is 12.8. The van der Waals surface area contributed by atoms with Gasteiger partial charge in [-0.1, -0.05) is 36.4 Å². The van der Waals surface area contributed by atoms with E-state index in [1.807, 2.05) is 206 Å². The van der Waals surface area contributed by atoms with Gasteiger partial charge in [-0.05, 0) is 0 Å². The van der Waals surface area contributed by atoms with Crippen LogP contribution in [0.1, 0.15) is 182 Å². The van der Waals surface area contributed by atoms with Crippen LogP contribution in [0.5, 0.6) is 34.5 Å². The number of hydrogen-bond acceptors (Lipinski definition) is 6. The van der Waals surface area contributed by atoms with Crippen molar-refractivity contribution >= 4 is 244 Å². The molecule has 135 heavy (non-hydrogen) atoms. The van der Waals surface area contributed by atoms with Crippen LogP contribution in [-0.2, 0) is 91.1 Å². The first kappa shape index (κ1) is 116. The van der Waals surface area contributed by atoms with Crippen molar-refractivity contribution in [2.75, 3.05) is 0 Å². The Balaban J connectivity index is 0.000000171. The maximum Gasteiger partial charge on any atom is -0.0866 e. The van der Waals surface area contributed by atoms with Gasteiger partial charge < -0.3 is 0 Å². The molecule has 3 aliphatic carbocycles. The van der Waals surface area contributed by atoms with Gasteiger partial charge in [-0.2, -0.15) is 148 Å². The molecule has 0 aromatic heterocycles. The van der Waals surface area contributed by atoms with Crippen LogP contribution in [0.3, 0.4) is 0 Å². The van der Waals surface area contributed by atoms with E-state index < -0.39 is 56.6 Å². The Bertz CT molecular complexity index is 5180. The van der Waals surface area contributed by atoms with Gasteiger partial charge in [0, 0.05) is 0 Å². The zero-order valence-electron chi connectivity index (χ0n) is 75.1. The minimum atomic E-state index is -1.06. The second-order valence-corrected chi connectivity index (χ2v) is 106. The third kappa shape index (κ3) is 39.2. The number of hydrogen-bond donors (Lipinski definition) is 6. The molecule has 6 N–H and O–H groups in total. The first-order chi connectivity index (χ1) is 64.9. The van der Waals surface area contributed by atoms with Crippen molar-refractivity contribution in [2.24, 2.45) is 0 Å². The fourth-order valence-electron chi connectivity index (χ4n) is 16.1. The van der Waals surface area contributed by atoms with Gasteiger partial charge in [0.1, 0.15) is 0 Å². The largest absolute Gasteiger partial charge is 0.199 e. The minimum absolute atomic E-state index is 0.190. The Labute approximate surface area is 947 Å². The van der Waals surface area contributed by atoms with E-state index in [1.54, 1.807) is 12.1 Å². The molecular formula is C108H114Br4Cl4Hf3I4O6S6-6. The van der Waals surface area contributed by atoms with E-state index in [2.05, 4.69) is 232 Å². The average molecular weight is 3210 g/mol. The summed E-state index contributed by atoms with van der Waals surface area (Å²) >= 11 is 45.6. The number of rotatable bonds is 12. The smallest absolute Gasteiger partial charge is 0.0866 e. The molecule has 12 aromatic carbocycles. The minimum Gasteiger partial charge on any atom is -0.199 e. The Morgan fingerprint density at radius 1 is 0.259 bits per heavy atom. The van der Waals surface area contributed by atoms with Gasteiger partial charge in [-0.25, -0.2) is 0 Å². The summed E-state index contributed by atoms with van der Waals surface area (Å²) in [6, 6.07) is 82.9. The molecule has 0 amide bonds. The molecule has 0 saturated heterocycles. The zero-order chi connectivity index (χ0) is 97.0. The van der Waals surface area contributed by atoms with Gasteiger partial charge in [0.2, 0.25) is 0 Å². The molecule has 12 atom stereocenters. The summed E-state index contributed by atoms with van der Waals surface area (Å²) in [5.74, 6) is 8.31. The van der Waals surface area contributed by atoms with E-state index in [9.17, 15) is 30.6 Å². The fraction of sp³-hybridized carbons (Fsp3) is 0.278. The van der Waals surface area contributed by atoms with Gasteiger partial charge in [0.15, 0.2) is 0 Å². The molecule has 18 rings (SSSR count). The second-order valence-electron chi connectivity index (χ2n) is 33.2. The predicted molar refractivity (Wildman–Crippen MR) is 629 cm³/mol. The molecule has 720 valence electrons. The van der Waals surface area contributed by atoms with Crippen LogP contribution in [0.15, 0.2) is 273 Å². The maximum atomic E-state index is 10.8. The van der Waals surface area contributed by atoms with E-state index in [0.717, 1.165) is 147 Å².